The van der Waals surface area contributed by atoms with Gasteiger partial charge in [0.05, 0.1) is 18.2 Å². The SMILES string of the molecule is CC(C)Oc1nc2nn(C34COC(CF)(C3)C4)cc2cc1C(=O)Nc1cccn(C2CC2)c1=O. The fraction of sp³-hybridized carbons (Fsp3) is 0.500. The molecule has 3 aromatic heterocycles. The first-order valence-corrected chi connectivity index (χ1v) is 11.6. The number of amides is 1. The third kappa shape index (κ3) is 3.31. The van der Waals surface area contributed by atoms with Crippen LogP contribution in [-0.4, -0.2) is 50.2 Å². The van der Waals surface area contributed by atoms with Gasteiger partial charge in [-0.05, 0) is 44.9 Å². The molecule has 2 bridgehead atoms. The Hall–Kier alpha value is -3.27. The molecule has 34 heavy (non-hydrogen) atoms. The fourth-order valence-electron chi connectivity index (χ4n) is 5.09. The molecule has 2 saturated heterocycles. The number of ether oxygens (including phenoxy) is 2. The molecule has 5 heterocycles. The van der Waals surface area contributed by atoms with Crippen LogP contribution in [0.5, 0.6) is 5.88 Å². The summed E-state index contributed by atoms with van der Waals surface area (Å²) in [7, 11) is 0. The zero-order valence-electron chi connectivity index (χ0n) is 19.1. The van der Waals surface area contributed by atoms with E-state index < -0.39 is 18.2 Å². The summed E-state index contributed by atoms with van der Waals surface area (Å²) in [5.41, 5.74) is -0.438. The number of carbonyl (C=O) groups excluding carboxylic acids is 1. The van der Waals surface area contributed by atoms with Gasteiger partial charge in [-0.15, -0.1) is 0 Å². The number of nitrogens with one attached hydrogen (secondary N) is 1. The maximum Gasteiger partial charge on any atom is 0.274 e. The lowest BCUT2D eigenvalue weighted by Crippen LogP contribution is -2.52. The second kappa shape index (κ2) is 7.36. The highest BCUT2D eigenvalue weighted by atomic mass is 19.1. The molecule has 1 amide bonds. The van der Waals surface area contributed by atoms with Crippen LogP contribution in [-0.2, 0) is 10.3 Å². The lowest BCUT2D eigenvalue weighted by Gasteiger charge is -2.42. The number of hydrogen-bond acceptors (Lipinski definition) is 6. The maximum atomic E-state index is 13.4. The zero-order valence-corrected chi connectivity index (χ0v) is 19.1. The van der Waals surface area contributed by atoms with E-state index in [4.69, 9.17) is 9.47 Å². The molecule has 0 atom stereocenters. The summed E-state index contributed by atoms with van der Waals surface area (Å²) >= 11 is 0. The number of rotatable bonds is 7. The first-order valence-electron chi connectivity index (χ1n) is 11.6. The van der Waals surface area contributed by atoms with Crippen molar-refractivity contribution >= 4 is 22.6 Å². The van der Waals surface area contributed by atoms with Crippen LogP contribution in [0.2, 0.25) is 0 Å². The van der Waals surface area contributed by atoms with E-state index in [9.17, 15) is 14.0 Å². The van der Waals surface area contributed by atoms with E-state index in [1.807, 2.05) is 20.0 Å². The van der Waals surface area contributed by atoms with Crippen LogP contribution in [0.25, 0.3) is 11.0 Å². The van der Waals surface area contributed by atoms with Crippen molar-refractivity contribution < 1.29 is 18.7 Å². The van der Waals surface area contributed by atoms with Gasteiger partial charge in [-0.25, -0.2) is 4.39 Å². The minimum atomic E-state index is -0.689. The second-order valence-corrected chi connectivity index (χ2v) is 10.00. The third-order valence-electron chi connectivity index (χ3n) is 6.89. The van der Waals surface area contributed by atoms with Gasteiger partial charge in [0, 0.05) is 36.7 Å². The highest BCUT2D eigenvalue weighted by Crippen LogP contribution is 2.56. The van der Waals surface area contributed by atoms with Gasteiger partial charge < -0.3 is 19.4 Å². The molecule has 0 unspecified atom stereocenters. The summed E-state index contributed by atoms with van der Waals surface area (Å²) in [6.45, 7) is 3.58. The molecule has 0 aromatic carbocycles. The maximum absolute atomic E-state index is 13.4. The normalized spacial score (nSPS) is 25.5. The second-order valence-electron chi connectivity index (χ2n) is 10.00. The summed E-state index contributed by atoms with van der Waals surface area (Å²) in [6.07, 6.45) is 6.40. The monoisotopic (exact) mass is 467 g/mol. The Morgan fingerprint density at radius 1 is 1.38 bits per heavy atom. The van der Waals surface area contributed by atoms with Crippen molar-refractivity contribution in [2.24, 2.45) is 0 Å². The van der Waals surface area contributed by atoms with Crippen molar-refractivity contribution in [1.29, 1.82) is 0 Å². The number of aromatic nitrogens is 4. The van der Waals surface area contributed by atoms with E-state index in [2.05, 4.69) is 15.4 Å². The van der Waals surface area contributed by atoms with Crippen LogP contribution >= 0.6 is 0 Å². The number of alkyl halides is 1. The van der Waals surface area contributed by atoms with Gasteiger partial charge in [0.1, 0.15) is 23.5 Å². The van der Waals surface area contributed by atoms with Gasteiger partial charge in [0.15, 0.2) is 5.65 Å². The van der Waals surface area contributed by atoms with Crippen LogP contribution in [0.3, 0.4) is 0 Å². The standard InChI is InChI=1S/C24H26FN5O4/c1-14(2)34-21-17(20(31)26-18-4-3-7-29(22(18)32)16-5-6-16)8-15-9-30(28-19(15)27-21)23-10-24(11-23,12-25)33-13-23/h3-4,7-9,14,16H,5-6,10-13H2,1-2H3,(H,26,31). The summed E-state index contributed by atoms with van der Waals surface area (Å²) in [5.74, 6) is -0.332. The molecule has 4 aliphatic rings. The molecule has 9 nitrogen and oxygen atoms in total. The van der Waals surface area contributed by atoms with Crippen LogP contribution in [0, 0.1) is 0 Å². The third-order valence-corrected chi connectivity index (χ3v) is 6.89. The number of anilines is 1. The van der Waals surface area contributed by atoms with Crippen LogP contribution in [0.4, 0.5) is 10.1 Å². The minimum Gasteiger partial charge on any atom is -0.474 e. The van der Waals surface area contributed by atoms with Crippen molar-refractivity contribution in [3.8, 4) is 5.88 Å². The van der Waals surface area contributed by atoms with Crippen LogP contribution in [0.15, 0.2) is 35.4 Å². The molecular weight excluding hydrogens is 441 g/mol. The molecule has 7 rings (SSSR count). The van der Waals surface area contributed by atoms with Gasteiger partial charge in [-0.1, -0.05) is 0 Å². The van der Waals surface area contributed by atoms with Gasteiger partial charge in [0.2, 0.25) is 5.88 Å². The predicted octanol–water partition coefficient (Wildman–Crippen LogP) is 3.20. The quantitative estimate of drug-likeness (QED) is 0.573. The topological polar surface area (TPSA) is 100 Å². The van der Waals surface area contributed by atoms with E-state index >= 15 is 0 Å². The van der Waals surface area contributed by atoms with Crippen molar-refractivity contribution in [2.75, 3.05) is 18.6 Å². The molecule has 0 spiro atoms. The van der Waals surface area contributed by atoms with Gasteiger partial charge >= 0.3 is 0 Å². The molecule has 10 heteroatoms. The molecule has 2 aliphatic heterocycles. The Bertz CT molecular complexity index is 1350. The lowest BCUT2D eigenvalue weighted by atomic mass is 9.69. The number of fused-ring (bicyclic) bond motifs is 2. The number of pyridine rings is 2. The Kier molecular flexibility index (Phi) is 4.61. The minimum absolute atomic E-state index is 0.149. The summed E-state index contributed by atoms with van der Waals surface area (Å²) < 4.78 is 28.3. The van der Waals surface area contributed by atoms with Gasteiger partial charge in [0.25, 0.3) is 11.5 Å². The Morgan fingerprint density at radius 2 is 2.18 bits per heavy atom. The number of halogens is 1. The highest BCUT2D eigenvalue weighted by molar-refractivity contribution is 6.07. The van der Waals surface area contributed by atoms with Crippen LogP contribution < -0.4 is 15.6 Å². The summed E-state index contributed by atoms with van der Waals surface area (Å²) in [4.78, 5) is 30.6. The van der Waals surface area contributed by atoms with Crippen molar-refractivity contribution in [2.45, 2.75) is 62.8 Å². The highest BCUT2D eigenvalue weighted by Gasteiger charge is 2.64. The van der Waals surface area contributed by atoms with Gasteiger partial charge in [-0.2, -0.15) is 10.1 Å². The zero-order chi connectivity index (χ0) is 23.7. The Morgan fingerprint density at radius 3 is 2.85 bits per heavy atom. The number of hydrogen-bond donors (Lipinski definition) is 1. The fourth-order valence-corrected chi connectivity index (χ4v) is 5.09. The predicted molar refractivity (Wildman–Crippen MR) is 122 cm³/mol. The number of carbonyl (C=O) groups is 1. The molecule has 1 N–H and O–H groups in total. The first-order chi connectivity index (χ1) is 16.3. The van der Waals surface area contributed by atoms with Crippen molar-refractivity contribution in [3.63, 3.8) is 0 Å². The van der Waals surface area contributed by atoms with E-state index in [1.165, 1.54) is 0 Å². The molecular formula is C24H26FN5O4. The van der Waals surface area contributed by atoms with E-state index in [0.29, 0.717) is 30.5 Å². The molecule has 2 saturated carbocycles. The van der Waals surface area contributed by atoms with Gasteiger partial charge in [-0.3, -0.25) is 14.3 Å². The molecule has 2 aliphatic carbocycles. The summed E-state index contributed by atoms with van der Waals surface area (Å²) in [5, 5.41) is 8.01. The van der Waals surface area contributed by atoms with E-state index in [1.54, 1.807) is 33.6 Å². The Labute approximate surface area is 194 Å². The average Bonchev–Trinajstić information content (AvgIpc) is 3.26. The Balaban J connectivity index is 1.35. The van der Waals surface area contributed by atoms with Crippen molar-refractivity contribution in [1.82, 2.24) is 19.3 Å². The van der Waals surface area contributed by atoms with E-state index in [0.717, 1.165) is 12.8 Å². The average molecular weight is 468 g/mol. The lowest BCUT2D eigenvalue weighted by molar-refractivity contribution is -0.0336. The summed E-state index contributed by atoms with van der Waals surface area (Å²) in [6, 6.07) is 5.23. The first kappa shape index (κ1) is 21.3. The van der Waals surface area contributed by atoms with Crippen molar-refractivity contribution in [3.05, 3.63) is 46.5 Å². The van der Waals surface area contributed by atoms with Crippen LogP contribution in [0.1, 0.15) is 55.9 Å². The van der Waals surface area contributed by atoms with E-state index in [-0.39, 0.29) is 40.4 Å². The number of nitrogens with zero attached hydrogens (tertiary/aromatic N) is 4. The largest absolute Gasteiger partial charge is 0.474 e. The molecule has 3 aromatic rings. The molecule has 0 radical (unpaired) electrons. The smallest absolute Gasteiger partial charge is 0.274 e. The molecule has 178 valence electrons. The molecule has 4 fully saturated rings.